The Hall–Kier alpha value is -3.39. The largest absolute Gasteiger partial charge is 0.481 e. The second-order valence-corrected chi connectivity index (χ2v) is 9.82. The van der Waals surface area contributed by atoms with Gasteiger partial charge in [-0.3, -0.25) is 9.59 Å². The SMILES string of the molecule is CC(C)(CCNC(=O)OCC1c2ccccc2-c2ccccc21)C(=O)NC[C@H]1C[C@@H](C(=O)O)CO1. The minimum atomic E-state index is -0.876. The van der Waals surface area contributed by atoms with Crippen molar-refractivity contribution < 1.29 is 29.0 Å². The number of carbonyl (C=O) groups is 3. The fourth-order valence-electron chi connectivity index (χ4n) is 4.71. The maximum Gasteiger partial charge on any atom is 0.407 e. The maximum absolute atomic E-state index is 12.6. The lowest BCUT2D eigenvalue weighted by atomic mass is 9.88. The molecule has 2 aliphatic rings. The van der Waals surface area contributed by atoms with Crippen LogP contribution in [0.5, 0.6) is 0 Å². The molecule has 1 fully saturated rings. The number of rotatable bonds is 9. The summed E-state index contributed by atoms with van der Waals surface area (Å²) in [4.78, 5) is 36.0. The van der Waals surface area contributed by atoms with Crippen LogP contribution >= 0.6 is 0 Å². The van der Waals surface area contributed by atoms with E-state index in [1.165, 1.54) is 11.1 Å². The van der Waals surface area contributed by atoms with Gasteiger partial charge in [-0.05, 0) is 35.1 Å². The molecule has 8 heteroatoms. The third-order valence-corrected chi connectivity index (χ3v) is 6.90. The second-order valence-electron chi connectivity index (χ2n) is 9.82. The van der Waals surface area contributed by atoms with Crippen LogP contribution in [0.3, 0.4) is 0 Å². The number of amides is 2. The highest BCUT2D eigenvalue weighted by atomic mass is 16.5. The number of carboxylic acids is 1. The fraction of sp³-hybridized carbons (Fsp3) is 0.444. The number of carbonyl (C=O) groups excluding carboxylic acids is 2. The summed E-state index contributed by atoms with van der Waals surface area (Å²) in [6.07, 6.45) is 0.00281. The van der Waals surface area contributed by atoms with Gasteiger partial charge >= 0.3 is 12.1 Å². The van der Waals surface area contributed by atoms with E-state index in [0.29, 0.717) is 12.8 Å². The Balaban J connectivity index is 1.21. The van der Waals surface area contributed by atoms with E-state index >= 15 is 0 Å². The lowest BCUT2D eigenvalue weighted by Crippen LogP contribution is -2.42. The Morgan fingerprint density at radius 3 is 2.26 bits per heavy atom. The third-order valence-electron chi connectivity index (χ3n) is 6.90. The topological polar surface area (TPSA) is 114 Å². The van der Waals surface area contributed by atoms with Crippen LogP contribution in [0.15, 0.2) is 48.5 Å². The number of nitrogens with one attached hydrogen (secondary N) is 2. The Bertz CT molecular complexity index is 1050. The molecule has 1 aliphatic carbocycles. The predicted molar refractivity (Wildman–Crippen MR) is 130 cm³/mol. The Kier molecular flexibility index (Phi) is 7.40. The van der Waals surface area contributed by atoms with E-state index in [-0.39, 0.29) is 44.2 Å². The second kappa shape index (κ2) is 10.5. The molecule has 8 nitrogen and oxygen atoms in total. The van der Waals surface area contributed by atoms with E-state index < -0.39 is 23.4 Å². The van der Waals surface area contributed by atoms with Gasteiger partial charge in [-0.25, -0.2) is 4.79 Å². The van der Waals surface area contributed by atoms with Gasteiger partial charge in [0.1, 0.15) is 6.61 Å². The third kappa shape index (κ3) is 5.65. The van der Waals surface area contributed by atoms with Gasteiger partial charge in [0.15, 0.2) is 0 Å². The summed E-state index contributed by atoms with van der Waals surface area (Å²) in [5, 5.41) is 14.6. The number of benzene rings is 2. The Labute approximate surface area is 205 Å². The van der Waals surface area contributed by atoms with E-state index in [4.69, 9.17) is 14.6 Å². The van der Waals surface area contributed by atoms with Crippen LogP contribution in [-0.2, 0) is 19.1 Å². The van der Waals surface area contributed by atoms with Gasteiger partial charge in [-0.1, -0.05) is 62.4 Å². The molecule has 0 unspecified atom stereocenters. The summed E-state index contributed by atoms with van der Waals surface area (Å²) in [5.41, 5.74) is 3.93. The molecular formula is C27H32N2O6. The lowest BCUT2D eigenvalue weighted by Gasteiger charge is -2.24. The zero-order chi connectivity index (χ0) is 25.0. The first kappa shape index (κ1) is 24.7. The molecule has 1 saturated heterocycles. The molecule has 186 valence electrons. The van der Waals surface area contributed by atoms with Crippen molar-refractivity contribution in [3.8, 4) is 11.1 Å². The molecule has 2 aromatic carbocycles. The van der Waals surface area contributed by atoms with Crippen molar-refractivity contribution in [3.63, 3.8) is 0 Å². The van der Waals surface area contributed by atoms with Crippen molar-refractivity contribution in [2.24, 2.45) is 11.3 Å². The fourth-order valence-corrected chi connectivity index (χ4v) is 4.71. The number of fused-ring (bicyclic) bond motifs is 3. The van der Waals surface area contributed by atoms with Crippen LogP contribution in [0.1, 0.15) is 43.7 Å². The van der Waals surface area contributed by atoms with Gasteiger partial charge in [0.25, 0.3) is 0 Å². The highest BCUT2D eigenvalue weighted by Crippen LogP contribution is 2.44. The van der Waals surface area contributed by atoms with Gasteiger partial charge in [0.2, 0.25) is 5.91 Å². The number of alkyl carbamates (subject to hydrolysis) is 1. The molecule has 4 rings (SSSR count). The van der Waals surface area contributed by atoms with Crippen molar-refractivity contribution in [2.75, 3.05) is 26.3 Å². The average molecular weight is 481 g/mol. The summed E-state index contributed by atoms with van der Waals surface area (Å²) in [6.45, 7) is 4.57. The number of hydrogen-bond acceptors (Lipinski definition) is 5. The molecule has 2 aromatic rings. The van der Waals surface area contributed by atoms with E-state index in [2.05, 4.69) is 34.9 Å². The molecule has 0 bridgehead atoms. The summed E-state index contributed by atoms with van der Waals surface area (Å²) in [6, 6.07) is 16.3. The minimum absolute atomic E-state index is 0.00565. The summed E-state index contributed by atoms with van der Waals surface area (Å²) < 4.78 is 11.0. The molecule has 0 spiro atoms. The molecule has 1 heterocycles. The molecular weight excluding hydrogens is 448 g/mol. The van der Waals surface area contributed by atoms with Crippen molar-refractivity contribution in [3.05, 3.63) is 59.7 Å². The molecule has 0 radical (unpaired) electrons. The van der Waals surface area contributed by atoms with Crippen molar-refractivity contribution >= 4 is 18.0 Å². The average Bonchev–Trinajstić information content (AvgIpc) is 3.44. The van der Waals surface area contributed by atoms with Gasteiger partial charge in [0, 0.05) is 24.4 Å². The normalized spacial score (nSPS) is 19.0. The van der Waals surface area contributed by atoms with E-state index in [9.17, 15) is 14.4 Å². The minimum Gasteiger partial charge on any atom is -0.481 e. The molecule has 2 atom stereocenters. The quantitative estimate of drug-likeness (QED) is 0.506. The maximum atomic E-state index is 12.6. The highest BCUT2D eigenvalue weighted by molar-refractivity contribution is 5.82. The monoisotopic (exact) mass is 480 g/mol. The van der Waals surface area contributed by atoms with E-state index in [0.717, 1.165) is 11.1 Å². The van der Waals surface area contributed by atoms with Crippen LogP contribution in [0.25, 0.3) is 11.1 Å². The first-order valence-corrected chi connectivity index (χ1v) is 12.0. The van der Waals surface area contributed by atoms with Gasteiger partial charge in [-0.15, -0.1) is 0 Å². The number of carboxylic acid groups (broad SMARTS) is 1. The molecule has 3 N–H and O–H groups in total. The lowest BCUT2D eigenvalue weighted by molar-refractivity contribution is -0.141. The summed E-state index contributed by atoms with van der Waals surface area (Å²) >= 11 is 0. The van der Waals surface area contributed by atoms with Crippen LogP contribution in [0, 0.1) is 11.3 Å². The molecule has 0 aromatic heterocycles. The highest BCUT2D eigenvalue weighted by Gasteiger charge is 2.33. The van der Waals surface area contributed by atoms with Crippen LogP contribution in [-0.4, -0.2) is 55.5 Å². The number of ether oxygens (including phenoxy) is 2. The number of aliphatic carboxylic acids is 1. The Morgan fingerprint density at radius 2 is 1.66 bits per heavy atom. The van der Waals surface area contributed by atoms with Gasteiger partial charge < -0.3 is 25.2 Å². The van der Waals surface area contributed by atoms with E-state index in [1.807, 2.05) is 24.3 Å². The smallest absolute Gasteiger partial charge is 0.407 e. The first-order valence-electron chi connectivity index (χ1n) is 12.0. The molecule has 2 amide bonds. The van der Waals surface area contributed by atoms with Crippen LogP contribution < -0.4 is 10.6 Å². The van der Waals surface area contributed by atoms with Gasteiger partial charge in [0.05, 0.1) is 18.6 Å². The summed E-state index contributed by atoms with van der Waals surface area (Å²) in [5.74, 6) is -1.58. The van der Waals surface area contributed by atoms with Crippen LogP contribution in [0.4, 0.5) is 4.79 Å². The van der Waals surface area contributed by atoms with Gasteiger partial charge in [-0.2, -0.15) is 0 Å². The zero-order valence-corrected chi connectivity index (χ0v) is 20.1. The van der Waals surface area contributed by atoms with Crippen molar-refractivity contribution in [1.29, 1.82) is 0 Å². The molecule has 0 saturated carbocycles. The predicted octanol–water partition coefficient (Wildman–Crippen LogP) is 3.55. The van der Waals surface area contributed by atoms with Crippen LogP contribution in [0.2, 0.25) is 0 Å². The summed E-state index contributed by atoms with van der Waals surface area (Å²) in [7, 11) is 0. The standard InChI is InChI=1S/C27H32N2O6/c1-27(2,25(32)29-14-18-13-17(15-34-18)24(30)31)11-12-28-26(33)35-16-23-21-9-5-3-7-19(21)20-8-4-6-10-22(20)23/h3-10,17-18,23H,11-16H2,1-2H3,(H,28,33)(H,29,32)(H,30,31)/t17-,18-/m1/s1. The zero-order valence-electron chi connectivity index (χ0n) is 20.1. The van der Waals surface area contributed by atoms with Crippen molar-refractivity contribution in [1.82, 2.24) is 10.6 Å². The number of hydrogen-bond donors (Lipinski definition) is 3. The first-order chi connectivity index (χ1) is 16.8. The Morgan fingerprint density at radius 1 is 1.03 bits per heavy atom. The molecule has 35 heavy (non-hydrogen) atoms. The van der Waals surface area contributed by atoms with Crippen molar-refractivity contribution in [2.45, 2.75) is 38.7 Å². The molecule has 1 aliphatic heterocycles. The van der Waals surface area contributed by atoms with E-state index in [1.54, 1.807) is 13.8 Å².